The van der Waals surface area contributed by atoms with Crippen LogP contribution < -0.4 is 10.1 Å². The molecule has 31 heavy (non-hydrogen) atoms. The smallest absolute Gasteiger partial charge is 0.193 e. The van der Waals surface area contributed by atoms with Gasteiger partial charge in [-0.2, -0.15) is 0 Å². The third-order valence-corrected chi connectivity index (χ3v) is 6.50. The van der Waals surface area contributed by atoms with E-state index in [4.69, 9.17) is 14.2 Å². The van der Waals surface area contributed by atoms with Gasteiger partial charge >= 0.3 is 0 Å². The van der Waals surface area contributed by atoms with E-state index in [1.165, 1.54) is 37.7 Å². The molecule has 1 atom stereocenters. The number of halogens is 1. The molecule has 1 aromatic carbocycles. The molecule has 1 aliphatic carbocycles. The molecule has 0 amide bonds. The van der Waals surface area contributed by atoms with Gasteiger partial charge in [0.05, 0.1) is 24.9 Å². The van der Waals surface area contributed by atoms with Gasteiger partial charge in [0.1, 0.15) is 5.75 Å². The fourth-order valence-electron chi connectivity index (χ4n) is 4.36. The maximum Gasteiger partial charge on any atom is 0.193 e. The number of benzene rings is 1. The molecule has 174 valence electrons. The van der Waals surface area contributed by atoms with Crippen molar-refractivity contribution in [2.45, 2.75) is 76.2 Å². The lowest BCUT2D eigenvalue weighted by atomic mass is 9.96. The Bertz CT molecular complexity index is 684. The number of likely N-dealkylation sites (tertiary alicyclic amines) is 1. The molecular weight excluding hydrogens is 505 g/mol. The molecule has 1 saturated carbocycles. The Morgan fingerprint density at radius 1 is 1.06 bits per heavy atom. The normalized spacial score (nSPS) is 23.1. The lowest BCUT2D eigenvalue weighted by Crippen LogP contribution is -2.47. The Morgan fingerprint density at radius 3 is 2.55 bits per heavy atom. The van der Waals surface area contributed by atoms with Crippen molar-refractivity contribution in [1.29, 1.82) is 0 Å². The first-order valence-electron chi connectivity index (χ1n) is 11.7. The van der Waals surface area contributed by atoms with Gasteiger partial charge in [-0.1, -0.05) is 18.2 Å². The zero-order chi connectivity index (χ0) is 20.6. The van der Waals surface area contributed by atoms with E-state index in [1.807, 2.05) is 7.05 Å². The predicted molar refractivity (Wildman–Crippen MR) is 134 cm³/mol. The largest absolute Gasteiger partial charge is 0.490 e. The molecule has 2 aliphatic heterocycles. The second-order valence-electron chi connectivity index (χ2n) is 8.69. The van der Waals surface area contributed by atoms with Crippen LogP contribution in [-0.2, 0) is 16.0 Å². The highest BCUT2D eigenvalue weighted by Crippen LogP contribution is 2.27. The second kappa shape index (κ2) is 12.8. The fourth-order valence-corrected chi connectivity index (χ4v) is 4.36. The first-order chi connectivity index (χ1) is 14.8. The molecule has 0 bridgehead atoms. The van der Waals surface area contributed by atoms with Crippen molar-refractivity contribution < 1.29 is 14.2 Å². The molecule has 0 spiro atoms. The maximum atomic E-state index is 6.16. The molecule has 2 heterocycles. The van der Waals surface area contributed by atoms with Crippen molar-refractivity contribution in [1.82, 2.24) is 10.2 Å². The van der Waals surface area contributed by atoms with E-state index in [-0.39, 0.29) is 24.0 Å². The summed E-state index contributed by atoms with van der Waals surface area (Å²) in [4.78, 5) is 6.86. The predicted octanol–water partition coefficient (Wildman–Crippen LogP) is 4.36. The van der Waals surface area contributed by atoms with Crippen LogP contribution in [0.1, 0.15) is 56.9 Å². The van der Waals surface area contributed by atoms with Crippen LogP contribution in [0, 0.1) is 0 Å². The highest BCUT2D eigenvalue weighted by molar-refractivity contribution is 14.0. The molecule has 6 nitrogen and oxygen atoms in total. The van der Waals surface area contributed by atoms with E-state index in [1.54, 1.807) is 0 Å². The number of hydrogen-bond acceptors (Lipinski definition) is 4. The Balaban J connectivity index is 0.00000272. The Kier molecular flexibility index (Phi) is 10.2. The number of rotatable bonds is 7. The van der Waals surface area contributed by atoms with E-state index < -0.39 is 0 Å². The van der Waals surface area contributed by atoms with Gasteiger partial charge in [0, 0.05) is 38.9 Å². The summed E-state index contributed by atoms with van der Waals surface area (Å²) in [5.41, 5.74) is 1.19. The van der Waals surface area contributed by atoms with E-state index in [0.29, 0.717) is 18.3 Å². The molecule has 0 radical (unpaired) electrons. The molecule has 2 saturated heterocycles. The van der Waals surface area contributed by atoms with Crippen molar-refractivity contribution in [2.24, 2.45) is 4.99 Å². The van der Waals surface area contributed by atoms with Gasteiger partial charge in [0.15, 0.2) is 5.96 Å². The second-order valence-corrected chi connectivity index (χ2v) is 8.69. The van der Waals surface area contributed by atoms with E-state index in [9.17, 15) is 0 Å². The zero-order valence-corrected chi connectivity index (χ0v) is 21.1. The van der Waals surface area contributed by atoms with E-state index >= 15 is 0 Å². The van der Waals surface area contributed by atoms with Gasteiger partial charge in [-0.3, -0.25) is 4.99 Å². The van der Waals surface area contributed by atoms with Gasteiger partial charge in [-0.25, -0.2) is 0 Å². The van der Waals surface area contributed by atoms with Crippen molar-refractivity contribution in [2.75, 3.05) is 33.4 Å². The summed E-state index contributed by atoms with van der Waals surface area (Å²) < 4.78 is 18.1. The van der Waals surface area contributed by atoms with Crippen LogP contribution in [0.4, 0.5) is 0 Å². The summed E-state index contributed by atoms with van der Waals surface area (Å²) in [7, 11) is 1.86. The Morgan fingerprint density at radius 2 is 1.87 bits per heavy atom. The lowest BCUT2D eigenvalue weighted by Gasteiger charge is -2.35. The number of para-hydroxylation sites is 1. The lowest BCUT2D eigenvalue weighted by molar-refractivity contribution is -0.0721. The molecule has 0 aromatic heterocycles. The summed E-state index contributed by atoms with van der Waals surface area (Å²) >= 11 is 0. The van der Waals surface area contributed by atoms with Gasteiger partial charge in [-0.05, 0) is 57.4 Å². The monoisotopic (exact) mass is 543 g/mol. The van der Waals surface area contributed by atoms with Crippen molar-refractivity contribution in [3.05, 3.63) is 29.8 Å². The number of nitrogens with one attached hydrogen (secondary N) is 1. The van der Waals surface area contributed by atoms with Crippen molar-refractivity contribution >= 4 is 29.9 Å². The minimum absolute atomic E-state index is 0. The third-order valence-electron chi connectivity index (χ3n) is 6.50. The van der Waals surface area contributed by atoms with Crippen LogP contribution >= 0.6 is 24.0 Å². The van der Waals surface area contributed by atoms with E-state index in [0.717, 1.165) is 63.8 Å². The number of guanidine groups is 1. The summed E-state index contributed by atoms with van der Waals surface area (Å²) in [5, 5.41) is 3.54. The van der Waals surface area contributed by atoms with Crippen LogP contribution in [0.5, 0.6) is 5.75 Å². The number of nitrogens with zero attached hydrogens (tertiary/aromatic N) is 2. The molecule has 4 rings (SSSR count). The minimum Gasteiger partial charge on any atom is -0.490 e. The van der Waals surface area contributed by atoms with Crippen LogP contribution in [0.15, 0.2) is 29.3 Å². The summed E-state index contributed by atoms with van der Waals surface area (Å²) in [6, 6.07) is 8.35. The molecule has 1 aromatic rings. The number of ether oxygens (including phenoxy) is 3. The highest BCUT2D eigenvalue weighted by atomic mass is 127. The summed E-state index contributed by atoms with van der Waals surface area (Å²) in [6.07, 6.45) is 10.3. The van der Waals surface area contributed by atoms with Gasteiger partial charge < -0.3 is 24.4 Å². The highest BCUT2D eigenvalue weighted by Gasteiger charge is 2.24. The summed E-state index contributed by atoms with van der Waals surface area (Å²) in [6.45, 7) is 4.30. The van der Waals surface area contributed by atoms with Gasteiger partial charge in [0.2, 0.25) is 0 Å². The first kappa shape index (κ1) is 24.6. The SMILES string of the molecule is CN=C(NCc1ccccc1OC1CCC1)N1CCC(OCC2CCCCO2)CC1.I. The average molecular weight is 543 g/mol. The van der Waals surface area contributed by atoms with Crippen LogP contribution in [-0.4, -0.2) is 62.5 Å². The zero-order valence-electron chi connectivity index (χ0n) is 18.8. The quantitative estimate of drug-likeness (QED) is 0.315. The van der Waals surface area contributed by atoms with Gasteiger partial charge in [-0.15, -0.1) is 24.0 Å². The van der Waals surface area contributed by atoms with Crippen LogP contribution in [0.3, 0.4) is 0 Å². The minimum atomic E-state index is 0. The Hall–Kier alpha value is -1.06. The topological polar surface area (TPSA) is 55.3 Å². The Labute approximate surface area is 204 Å². The molecule has 1 unspecified atom stereocenters. The third kappa shape index (κ3) is 7.22. The van der Waals surface area contributed by atoms with Gasteiger partial charge in [0.25, 0.3) is 0 Å². The number of aliphatic imine (C=N–C) groups is 1. The number of piperidine rings is 1. The maximum absolute atomic E-state index is 6.16. The molecular formula is C24H38IN3O3. The average Bonchev–Trinajstić information content (AvgIpc) is 2.77. The van der Waals surface area contributed by atoms with Crippen LogP contribution in [0.2, 0.25) is 0 Å². The van der Waals surface area contributed by atoms with Crippen molar-refractivity contribution in [3.63, 3.8) is 0 Å². The summed E-state index contributed by atoms with van der Waals surface area (Å²) in [5.74, 6) is 1.96. The molecule has 7 heteroatoms. The molecule has 3 fully saturated rings. The first-order valence-corrected chi connectivity index (χ1v) is 11.7. The van der Waals surface area contributed by atoms with Crippen LogP contribution in [0.25, 0.3) is 0 Å². The standard InChI is InChI=1S/C24H37N3O3.HI/c1-25-24(26-17-19-7-2-3-11-23(19)30-21-9-6-10-21)27-14-12-20(13-15-27)29-18-22-8-4-5-16-28-22;/h2-3,7,11,20-22H,4-6,8-10,12-18H2,1H3,(H,25,26);1H. The molecule has 3 aliphatic rings. The van der Waals surface area contributed by atoms with Crippen molar-refractivity contribution in [3.8, 4) is 5.75 Å². The van der Waals surface area contributed by atoms with E-state index in [2.05, 4.69) is 39.5 Å². The number of hydrogen-bond donors (Lipinski definition) is 1. The molecule has 1 N–H and O–H groups in total. The fraction of sp³-hybridized carbons (Fsp3) is 0.708.